The van der Waals surface area contributed by atoms with E-state index in [1.165, 1.54) is 24.3 Å². The Morgan fingerprint density at radius 1 is 0.857 bits per heavy atom. The average Bonchev–Trinajstić information content (AvgIpc) is 3.10. The molecule has 0 radical (unpaired) electrons. The van der Waals surface area contributed by atoms with E-state index in [2.05, 4.69) is 0 Å². The van der Waals surface area contributed by atoms with Gasteiger partial charge in [0.15, 0.2) is 0 Å². The van der Waals surface area contributed by atoms with Gasteiger partial charge < -0.3 is 9.15 Å². The monoisotopic (exact) mass is 382 g/mol. The fourth-order valence-corrected chi connectivity index (χ4v) is 2.84. The van der Waals surface area contributed by atoms with Crippen LogP contribution in [0.25, 0.3) is 22.6 Å². The number of nitro groups is 2. The van der Waals surface area contributed by atoms with Crippen molar-refractivity contribution in [2.24, 2.45) is 0 Å². The molecule has 0 saturated heterocycles. The summed E-state index contributed by atoms with van der Waals surface area (Å²) in [7, 11) is 0. The van der Waals surface area contributed by atoms with Crippen LogP contribution in [0.1, 0.15) is 19.4 Å². The van der Waals surface area contributed by atoms with Gasteiger partial charge in [-0.1, -0.05) is 0 Å². The molecular weight excluding hydrogens is 364 g/mol. The van der Waals surface area contributed by atoms with E-state index in [0.717, 1.165) is 5.56 Å². The summed E-state index contributed by atoms with van der Waals surface area (Å²) in [6.07, 6.45) is -0.174. The van der Waals surface area contributed by atoms with Crippen molar-refractivity contribution >= 4 is 11.4 Å². The molecule has 144 valence electrons. The molecule has 0 bridgehead atoms. The Morgan fingerprint density at radius 3 is 1.93 bits per heavy atom. The van der Waals surface area contributed by atoms with Crippen LogP contribution in [0.4, 0.5) is 11.4 Å². The minimum absolute atomic E-state index is 0.0102. The van der Waals surface area contributed by atoms with Gasteiger partial charge in [-0.2, -0.15) is 0 Å². The van der Waals surface area contributed by atoms with Crippen molar-refractivity contribution < 1.29 is 19.0 Å². The fourth-order valence-electron chi connectivity index (χ4n) is 2.84. The Balaban J connectivity index is 2.02. The summed E-state index contributed by atoms with van der Waals surface area (Å²) in [5.74, 6) is 1.38. The highest BCUT2D eigenvalue weighted by Crippen LogP contribution is 2.37. The van der Waals surface area contributed by atoms with Crippen molar-refractivity contribution in [3.63, 3.8) is 0 Å². The minimum Gasteiger partial charge on any atom is -0.490 e. The van der Waals surface area contributed by atoms with Gasteiger partial charge in [0.1, 0.15) is 17.3 Å². The zero-order chi connectivity index (χ0) is 20.4. The number of ether oxygens (including phenoxy) is 1. The number of nitro benzene ring substituents is 2. The van der Waals surface area contributed by atoms with E-state index in [1.807, 2.05) is 13.8 Å². The molecule has 28 heavy (non-hydrogen) atoms. The van der Waals surface area contributed by atoms with Crippen LogP contribution in [-0.2, 0) is 0 Å². The maximum absolute atomic E-state index is 11.1. The highest BCUT2D eigenvalue weighted by Gasteiger charge is 2.18. The lowest BCUT2D eigenvalue weighted by molar-refractivity contribution is -0.385. The third-order valence-electron chi connectivity index (χ3n) is 4.10. The maximum Gasteiger partial charge on any atom is 0.273 e. The summed E-state index contributed by atoms with van der Waals surface area (Å²) in [4.78, 5) is 21.0. The quantitative estimate of drug-likeness (QED) is 0.410. The molecule has 0 spiro atoms. The van der Waals surface area contributed by atoms with E-state index in [-0.39, 0.29) is 17.5 Å². The number of aryl methyl sites for hydroxylation is 1. The van der Waals surface area contributed by atoms with Gasteiger partial charge in [-0.15, -0.1) is 0 Å². The molecule has 0 amide bonds. The van der Waals surface area contributed by atoms with E-state index in [1.54, 1.807) is 31.2 Å². The van der Waals surface area contributed by atoms with Crippen LogP contribution in [0, 0.1) is 27.2 Å². The Bertz CT molecular complexity index is 1050. The summed E-state index contributed by atoms with van der Waals surface area (Å²) in [5.41, 5.74) is 1.96. The van der Waals surface area contributed by atoms with Crippen molar-refractivity contribution in [3.05, 3.63) is 74.3 Å². The third-order valence-corrected chi connectivity index (χ3v) is 4.10. The van der Waals surface area contributed by atoms with E-state index in [0.29, 0.717) is 28.4 Å². The average molecular weight is 382 g/mol. The van der Waals surface area contributed by atoms with Gasteiger partial charge in [-0.25, -0.2) is 0 Å². The van der Waals surface area contributed by atoms with Crippen LogP contribution in [0.15, 0.2) is 52.9 Å². The van der Waals surface area contributed by atoms with Crippen LogP contribution < -0.4 is 4.74 Å². The van der Waals surface area contributed by atoms with Crippen LogP contribution in [0.5, 0.6) is 5.75 Å². The number of nitrogens with zero attached hydrogens (tertiary/aromatic N) is 2. The van der Waals surface area contributed by atoms with Crippen LogP contribution in [0.3, 0.4) is 0 Å². The largest absolute Gasteiger partial charge is 0.490 e. The first kappa shape index (κ1) is 19.1. The number of benzene rings is 2. The second-order valence-corrected chi connectivity index (χ2v) is 6.52. The van der Waals surface area contributed by atoms with E-state index in [4.69, 9.17) is 9.15 Å². The van der Waals surface area contributed by atoms with Crippen molar-refractivity contribution in [2.75, 3.05) is 0 Å². The lowest BCUT2D eigenvalue weighted by Gasteiger charge is -2.13. The van der Waals surface area contributed by atoms with E-state index in [9.17, 15) is 20.2 Å². The zero-order valence-corrected chi connectivity index (χ0v) is 15.5. The minimum atomic E-state index is -0.481. The lowest BCUT2D eigenvalue weighted by atomic mass is 10.1. The molecule has 0 fully saturated rings. The molecule has 8 nitrogen and oxygen atoms in total. The molecule has 3 aromatic rings. The van der Waals surface area contributed by atoms with E-state index >= 15 is 0 Å². The first-order chi connectivity index (χ1) is 13.3. The molecule has 3 rings (SSSR count). The number of hydrogen-bond acceptors (Lipinski definition) is 6. The van der Waals surface area contributed by atoms with Crippen molar-refractivity contribution in [3.8, 4) is 28.4 Å². The van der Waals surface area contributed by atoms with Gasteiger partial charge in [-0.3, -0.25) is 20.2 Å². The van der Waals surface area contributed by atoms with Gasteiger partial charge in [0.2, 0.25) is 0 Å². The van der Waals surface area contributed by atoms with Crippen LogP contribution in [-0.4, -0.2) is 16.0 Å². The van der Waals surface area contributed by atoms with Crippen molar-refractivity contribution in [2.45, 2.75) is 26.9 Å². The number of non-ortho nitro benzene ring substituents is 2. The Labute approximate surface area is 160 Å². The molecule has 1 heterocycles. The summed E-state index contributed by atoms with van der Waals surface area (Å²) in [6, 6.07) is 12.4. The second kappa shape index (κ2) is 7.51. The summed E-state index contributed by atoms with van der Waals surface area (Å²) in [6.45, 7) is 5.43. The van der Waals surface area contributed by atoms with Gasteiger partial charge in [-0.05, 0) is 50.6 Å². The molecule has 2 aromatic carbocycles. The highest BCUT2D eigenvalue weighted by molar-refractivity contribution is 5.72. The zero-order valence-electron chi connectivity index (χ0n) is 15.5. The molecule has 0 aliphatic carbocycles. The summed E-state index contributed by atoms with van der Waals surface area (Å²) in [5, 5.41) is 22.0. The number of hydrogen-bond donors (Lipinski definition) is 0. The van der Waals surface area contributed by atoms with Crippen molar-refractivity contribution in [1.82, 2.24) is 0 Å². The molecule has 0 N–H and O–H groups in total. The summed E-state index contributed by atoms with van der Waals surface area (Å²) >= 11 is 0. The molecular formula is C20H18N2O6. The van der Waals surface area contributed by atoms with Gasteiger partial charge in [0.25, 0.3) is 11.4 Å². The topological polar surface area (TPSA) is 109 Å². The Morgan fingerprint density at radius 2 is 1.39 bits per heavy atom. The Hall–Kier alpha value is -3.68. The molecule has 0 unspecified atom stereocenters. The number of furan rings is 1. The first-order valence-corrected chi connectivity index (χ1v) is 8.57. The predicted octanol–water partition coefficient (Wildman–Crippen LogP) is 5.53. The molecule has 0 aliphatic heterocycles. The normalized spacial score (nSPS) is 10.9. The van der Waals surface area contributed by atoms with Gasteiger partial charge >= 0.3 is 0 Å². The number of rotatable bonds is 6. The standard InChI is InChI=1S/C20H18N2O6/c1-12(2)27-20-11-15(22(25)26)5-7-17(20)19-9-8-18(28-19)16-6-4-14(21(23)24)10-13(16)3/h4-12H,1-3H3. The fraction of sp³-hybridized carbons (Fsp3) is 0.200. The van der Waals surface area contributed by atoms with Crippen molar-refractivity contribution in [1.29, 1.82) is 0 Å². The van der Waals surface area contributed by atoms with Crippen LogP contribution >= 0.6 is 0 Å². The van der Waals surface area contributed by atoms with E-state index < -0.39 is 9.85 Å². The second-order valence-electron chi connectivity index (χ2n) is 6.52. The van der Waals surface area contributed by atoms with Crippen LogP contribution in [0.2, 0.25) is 0 Å². The molecule has 8 heteroatoms. The molecule has 0 aliphatic rings. The first-order valence-electron chi connectivity index (χ1n) is 8.57. The Kier molecular flexibility index (Phi) is 5.12. The molecule has 1 aromatic heterocycles. The maximum atomic E-state index is 11.1. The molecule has 0 saturated carbocycles. The predicted molar refractivity (Wildman–Crippen MR) is 103 cm³/mol. The molecule has 0 atom stereocenters. The third kappa shape index (κ3) is 3.85. The highest BCUT2D eigenvalue weighted by atomic mass is 16.6. The lowest BCUT2D eigenvalue weighted by Crippen LogP contribution is -2.06. The smallest absolute Gasteiger partial charge is 0.273 e. The SMILES string of the molecule is Cc1cc([N+](=O)[O-])ccc1-c1ccc(-c2ccc([N+](=O)[O-])cc2OC(C)C)o1. The van der Waals surface area contributed by atoms with Gasteiger partial charge in [0, 0.05) is 23.8 Å². The summed E-state index contributed by atoms with van der Waals surface area (Å²) < 4.78 is 11.7. The van der Waals surface area contributed by atoms with Gasteiger partial charge in [0.05, 0.1) is 27.6 Å².